The highest BCUT2D eigenvalue weighted by Crippen LogP contribution is 2.35. The van der Waals surface area contributed by atoms with Crippen LogP contribution in [0.4, 0.5) is 5.69 Å². The average Bonchev–Trinajstić information content (AvgIpc) is 2.35. The maximum atomic E-state index is 11.4. The monoisotopic (exact) mass is 223 g/mol. The minimum Gasteiger partial charge on any atom is -0.493 e. The van der Waals surface area contributed by atoms with Crippen LogP contribution in [0.3, 0.4) is 0 Å². The number of hydrogen-bond donors (Lipinski definition) is 0. The molecule has 1 aromatic carbocycles. The number of nitrogens with zero attached hydrogens (tertiary/aromatic N) is 2. The summed E-state index contributed by atoms with van der Waals surface area (Å²) in [4.78, 5) is 14.4. The number of carbonyl (C=O) groups is 1. The van der Waals surface area contributed by atoms with Crippen molar-refractivity contribution in [3.05, 3.63) is 22.7 Å². The molecular weight excluding hydrogens is 212 g/mol. The quantitative estimate of drug-likeness (QED) is 0.578. The fraction of sp³-hybridized carbons (Fsp3) is 0.300. The second-order valence-electron chi connectivity index (χ2n) is 2.82. The van der Waals surface area contributed by atoms with Gasteiger partial charge in [-0.1, -0.05) is 0 Å². The molecule has 0 N–H and O–H groups in total. The van der Waals surface area contributed by atoms with Crippen LogP contribution in [0, 0.1) is 5.39 Å². The van der Waals surface area contributed by atoms with E-state index >= 15 is 0 Å². The van der Waals surface area contributed by atoms with Gasteiger partial charge in [-0.3, -0.25) is 0 Å². The summed E-state index contributed by atoms with van der Waals surface area (Å²) in [5.41, 5.74) is 0.159. The molecule has 0 heterocycles. The molecule has 84 valence electrons. The van der Waals surface area contributed by atoms with Gasteiger partial charge in [0.1, 0.15) is 0 Å². The summed E-state index contributed by atoms with van der Waals surface area (Å²) in [7, 11) is 4.12. The zero-order chi connectivity index (χ0) is 12.1. The Morgan fingerprint density at radius 2 is 1.75 bits per heavy atom. The second kappa shape index (κ2) is 4.98. The van der Waals surface area contributed by atoms with Gasteiger partial charge in [0.2, 0.25) is 5.39 Å². The molecule has 0 aromatic heterocycles. The smallest absolute Gasteiger partial charge is 0.403 e. The van der Waals surface area contributed by atoms with Crippen LogP contribution in [-0.4, -0.2) is 27.3 Å². The zero-order valence-electron chi connectivity index (χ0n) is 9.18. The number of hydrogen-bond acceptors (Lipinski definition) is 5. The van der Waals surface area contributed by atoms with Crippen molar-refractivity contribution in [3.8, 4) is 11.5 Å². The number of carbonyl (C=O) groups excluding carboxylic acids is 1. The maximum absolute atomic E-state index is 11.4. The highest BCUT2D eigenvalue weighted by Gasteiger charge is 2.25. The highest BCUT2D eigenvalue weighted by molar-refractivity contribution is 5.96. The first kappa shape index (κ1) is 11.8. The molecule has 0 aliphatic rings. The molecule has 0 aliphatic heterocycles. The lowest BCUT2D eigenvalue weighted by molar-refractivity contribution is 0.0601. The molecule has 0 spiro atoms. The first-order valence-electron chi connectivity index (χ1n) is 4.37. The number of methoxy groups -OCH3 is 3. The van der Waals surface area contributed by atoms with Crippen molar-refractivity contribution in [3.63, 3.8) is 0 Å². The molecule has 0 fully saturated rings. The van der Waals surface area contributed by atoms with Crippen molar-refractivity contribution in [1.82, 2.24) is 0 Å². The molecule has 0 amide bonds. The van der Waals surface area contributed by atoms with E-state index in [1.807, 2.05) is 0 Å². The van der Waals surface area contributed by atoms with E-state index in [9.17, 15) is 4.79 Å². The third kappa shape index (κ3) is 2.03. The van der Waals surface area contributed by atoms with Crippen LogP contribution in [0.15, 0.2) is 12.1 Å². The first-order valence-corrected chi connectivity index (χ1v) is 4.37. The molecule has 0 aliphatic carbocycles. The van der Waals surface area contributed by atoms with E-state index < -0.39 is 5.97 Å². The van der Waals surface area contributed by atoms with Crippen LogP contribution in [0.25, 0.3) is 4.98 Å². The van der Waals surface area contributed by atoms with Crippen molar-refractivity contribution >= 4 is 11.7 Å². The minimum atomic E-state index is -0.617. The van der Waals surface area contributed by atoms with Gasteiger partial charge >= 0.3 is 11.7 Å². The normalized spacial score (nSPS) is 9.12. The third-order valence-electron chi connectivity index (χ3n) is 2.01. The Balaban J connectivity index is 3.39. The van der Waals surface area contributed by atoms with Crippen molar-refractivity contribution in [1.29, 1.82) is 5.39 Å². The van der Waals surface area contributed by atoms with Gasteiger partial charge in [-0.25, -0.2) is 4.79 Å². The Bertz CT molecular complexity index is 451. The summed E-state index contributed by atoms with van der Waals surface area (Å²) in [6, 6.07) is 2.77. The Morgan fingerprint density at radius 1 is 1.19 bits per heavy atom. The summed E-state index contributed by atoms with van der Waals surface area (Å²) in [5.74, 6) is 0.104. The largest absolute Gasteiger partial charge is 0.493 e. The number of benzene rings is 1. The van der Waals surface area contributed by atoms with Crippen molar-refractivity contribution in [2.24, 2.45) is 0 Å². The van der Waals surface area contributed by atoms with Crippen LogP contribution < -0.4 is 9.47 Å². The van der Waals surface area contributed by atoms with Crippen molar-refractivity contribution in [2.75, 3.05) is 21.3 Å². The molecule has 1 rings (SSSR count). The third-order valence-corrected chi connectivity index (χ3v) is 2.01. The molecule has 1 aromatic rings. The Kier molecular flexibility index (Phi) is 3.67. The summed E-state index contributed by atoms with van der Waals surface area (Å²) in [6.07, 6.45) is 0. The van der Waals surface area contributed by atoms with E-state index in [1.54, 1.807) is 0 Å². The fourth-order valence-corrected chi connectivity index (χ4v) is 1.22. The molecule has 0 saturated carbocycles. The van der Waals surface area contributed by atoms with Gasteiger partial charge < -0.3 is 14.2 Å². The second-order valence-corrected chi connectivity index (χ2v) is 2.82. The van der Waals surface area contributed by atoms with Crippen LogP contribution in [0.1, 0.15) is 10.4 Å². The molecule has 0 bridgehead atoms. The summed E-state index contributed by atoms with van der Waals surface area (Å²) < 4.78 is 14.6. The van der Waals surface area contributed by atoms with E-state index in [-0.39, 0.29) is 11.3 Å². The van der Waals surface area contributed by atoms with Crippen molar-refractivity contribution in [2.45, 2.75) is 0 Å². The van der Waals surface area contributed by atoms with E-state index in [0.717, 1.165) is 0 Å². The van der Waals surface area contributed by atoms with Crippen LogP contribution in [0.2, 0.25) is 0 Å². The average molecular weight is 223 g/mol. The standard InChI is InChI=1S/C10H11N2O4/c1-14-8-4-6(10(13)16-3)7(12-11)5-9(8)15-2/h4-5H,1-3H3/q+1. The number of ether oxygens (including phenoxy) is 3. The molecule has 0 radical (unpaired) electrons. The van der Waals surface area contributed by atoms with Gasteiger partial charge in [-0.15, -0.1) is 0 Å². The number of rotatable bonds is 3. The number of esters is 1. The molecule has 6 nitrogen and oxygen atoms in total. The topological polar surface area (TPSA) is 72.9 Å². The Morgan fingerprint density at radius 3 is 2.19 bits per heavy atom. The van der Waals surface area contributed by atoms with E-state index in [1.165, 1.54) is 33.5 Å². The summed E-state index contributed by atoms with van der Waals surface area (Å²) in [6.45, 7) is 0. The molecule has 0 atom stereocenters. The lowest BCUT2D eigenvalue weighted by atomic mass is 10.1. The van der Waals surface area contributed by atoms with E-state index in [4.69, 9.17) is 14.9 Å². The minimum absolute atomic E-state index is 0.0597. The summed E-state index contributed by atoms with van der Waals surface area (Å²) >= 11 is 0. The van der Waals surface area contributed by atoms with E-state index in [0.29, 0.717) is 11.5 Å². The summed E-state index contributed by atoms with van der Waals surface area (Å²) in [5, 5.41) is 8.77. The molecule has 16 heavy (non-hydrogen) atoms. The van der Waals surface area contributed by atoms with Crippen molar-refractivity contribution < 1.29 is 19.0 Å². The fourth-order valence-electron chi connectivity index (χ4n) is 1.22. The van der Waals surface area contributed by atoms with Gasteiger partial charge in [-0.05, 0) is 0 Å². The van der Waals surface area contributed by atoms with Crippen LogP contribution in [-0.2, 0) is 4.74 Å². The Labute approximate surface area is 92.4 Å². The van der Waals surface area contributed by atoms with Gasteiger partial charge in [0, 0.05) is 6.07 Å². The molecular formula is C10H11N2O4+. The molecule has 6 heteroatoms. The first-order chi connectivity index (χ1) is 7.67. The van der Waals surface area contributed by atoms with Gasteiger partial charge in [0.25, 0.3) is 0 Å². The number of diazo groups is 1. The lowest BCUT2D eigenvalue weighted by Crippen LogP contribution is -2.02. The van der Waals surface area contributed by atoms with Gasteiger partial charge in [0.05, 0.1) is 27.4 Å². The van der Waals surface area contributed by atoms with Crippen LogP contribution >= 0.6 is 0 Å². The predicted octanol–water partition coefficient (Wildman–Crippen LogP) is 1.97. The van der Waals surface area contributed by atoms with E-state index in [2.05, 4.69) is 9.71 Å². The van der Waals surface area contributed by atoms with Crippen LogP contribution in [0.5, 0.6) is 11.5 Å². The SMILES string of the molecule is COC(=O)c1cc(OC)c(OC)cc1[N+]#N. The lowest BCUT2D eigenvalue weighted by Gasteiger charge is -2.06. The highest BCUT2D eigenvalue weighted by atomic mass is 16.5. The maximum Gasteiger partial charge on any atom is 0.403 e. The zero-order valence-corrected chi connectivity index (χ0v) is 9.18. The molecule has 0 unspecified atom stereocenters. The van der Waals surface area contributed by atoms with Gasteiger partial charge in [-0.2, -0.15) is 0 Å². The molecule has 0 saturated heterocycles. The predicted molar refractivity (Wildman–Crippen MR) is 55.6 cm³/mol. The Hall–Kier alpha value is -2.29. The van der Waals surface area contributed by atoms with Gasteiger partial charge in [0.15, 0.2) is 22.0 Å².